The van der Waals surface area contributed by atoms with E-state index in [1.807, 2.05) is 19.1 Å². The molecule has 2 atom stereocenters. The highest BCUT2D eigenvalue weighted by Gasteiger charge is 2.30. The number of amides is 2. The molecule has 4 rings (SSSR count). The minimum Gasteiger partial charge on any atom is -0.351 e. The van der Waals surface area contributed by atoms with Crippen LogP contribution < -0.4 is 16.2 Å². The molecule has 3 aromatic rings. The van der Waals surface area contributed by atoms with Crippen molar-refractivity contribution in [3.8, 4) is 11.3 Å². The zero-order chi connectivity index (χ0) is 23.5. The van der Waals surface area contributed by atoms with E-state index in [2.05, 4.69) is 15.7 Å². The van der Waals surface area contributed by atoms with E-state index in [9.17, 15) is 23.2 Å². The molecule has 0 saturated carbocycles. The van der Waals surface area contributed by atoms with Gasteiger partial charge in [-0.1, -0.05) is 25.1 Å². The Hall–Kier alpha value is -3.88. The van der Waals surface area contributed by atoms with Crippen LogP contribution in [0.2, 0.25) is 0 Å². The van der Waals surface area contributed by atoms with Crippen molar-refractivity contribution in [1.82, 2.24) is 20.4 Å². The normalized spacial score (nSPS) is 15.6. The van der Waals surface area contributed by atoms with Crippen LogP contribution >= 0.6 is 0 Å². The van der Waals surface area contributed by atoms with E-state index < -0.39 is 23.7 Å². The van der Waals surface area contributed by atoms with Crippen LogP contribution in [0.3, 0.4) is 0 Å². The van der Waals surface area contributed by atoms with Gasteiger partial charge < -0.3 is 10.6 Å². The molecule has 0 fully saturated rings. The molecule has 2 aromatic carbocycles. The fourth-order valence-corrected chi connectivity index (χ4v) is 3.83. The fourth-order valence-electron chi connectivity index (χ4n) is 3.83. The minimum absolute atomic E-state index is 0.0659. The van der Waals surface area contributed by atoms with Gasteiger partial charge in [0.2, 0.25) is 5.91 Å². The van der Waals surface area contributed by atoms with E-state index in [0.29, 0.717) is 23.2 Å². The van der Waals surface area contributed by atoms with Gasteiger partial charge in [-0.05, 0) is 42.3 Å². The molecule has 7 nitrogen and oxygen atoms in total. The number of halogens is 2. The topological polar surface area (TPSA) is 93.1 Å². The summed E-state index contributed by atoms with van der Waals surface area (Å²) in [7, 11) is 0. The van der Waals surface area contributed by atoms with E-state index in [4.69, 9.17) is 0 Å². The van der Waals surface area contributed by atoms with Crippen LogP contribution in [-0.2, 0) is 11.3 Å². The summed E-state index contributed by atoms with van der Waals surface area (Å²) < 4.78 is 28.0. The van der Waals surface area contributed by atoms with Crippen LogP contribution in [0, 0.1) is 11.6 Å². The third-order valence-electron chi connectivity index (χ3n) is 5.61. The number of carbonyl (C=O) groups excluding carboxylic acids is 2. The predicted molar refractivity (Wildman–Crippen MR) is 117 cm³/mol. The van der Waals surface area contributed by atoms with Crippen LogP contribution in [0.25, 0.3) is 11.3 Å². The maximum Gasteiger partial charge on any atom is 0.266 e. The zero-order valence-electron chi connectivity index (χ0n) is 17.8. The van der Waals surface area contributed by atoms with Crippen molar-refractivity contribution in [1.29, 1.82) is 0 Å². The van der Waals surface area contributed by atoms with Crippen molar-refractivity contribution in [3.05, 3.63) is 87.7 Å². The lowest BCUT2D eigenvalue weighted by Gasteiger charge is -2.19. The second-order valence-corrected chi connectivity index (χ2v) is 7.86. The van der Waals surface area contributed by atoms with Crippen LogP contribution in [0.5, 0.6) is 0 Å². The van der Waals surface area contributed by atoms with Crippen LogP contribution in [0.4, 0.5) is 8.78 Å². The average Bonchev–Trinajstić information content (AvgIpc) is 3.12. The first kappa shape index (κ1) is 22.3. The number of fused-ring (bicyclic) bond motifs is 1. The molecule has 0 radical (unpaired) electrons. The van der Waals surface area contributed by atoms with E-state index >= 15 is 0 Å². The molecule has 0 unspecified atom stereocenters. The molecule has 0 aliphatic carbocycles. The Kier molecular flexibility index (Phi) is 6.30. The summed E-state index contributed by atoms with van der Waals surface area (Å²) in [5, 5.41) is 9.96. The number of rotatable bonds is 7. The number of nitrogens with zero attached hydrogens (tertiary/aromatic N) is 2. The molecule has 2 heterocycles. The first-order chi connectivity index (χ1) is 15.9. The smallest absolute Gasteiger partial charge is 0.266 e. The number of hydrogen-bond acceptors (Lipinski definition) is 4. The van der Waals surface area contributed by atoms with Gasteiger partial charge in [-0.3, -0.25) is 14.4 Å². The lowest BCUT2D eigenvalue weighted by Crippen LogP contribution is -2.41. The summed E-state index contributed by atoms with van der Waals surface area (Å²) >= 11 is 0. The van der Waals surface area contributed by atoms with Gasteiger partial charge >= 0.3 is 0 Å². The number of nitrogens with one attached hydrogen (secondary N) is 2. The number of aromatic nitrogens is 2. The molecule has 33 heavy (non-hydrogen) atoms. The third-order valence-corrected chi connectivity index (χ3v) is 5.61. The Bertz CT molecular complexity index is 1270. The Balaban J connectivity index is 1.46. The second kappa shape index (κ2) is 9.32. The standard InChI is InChI=1S/C24H22F2N4O3/c1-2-15(27-22(31)12-21-16-5-3-4-6-17(16)24(33)28-21)13-30-23(32)10-9-20(29-30)14-7-8-18(25)19(26)11-14/h3-11,15,21H,2,12-13H2,1H3,(H,27,31)(H,28,33)/t15-,21+/m1/s1. The van der Waals surface area contributed by atoms with Crippen molar-refractivity contribution in [2.24, 2.45) is 0 Å². The minimum atomic E-state index is -1.01. The van der Waals surface area contributed by atoms with Crippen molar-refractivity contribution in [2.75, 3.05) is 0 Å². The molecule has 170 valence electrons. The van der Waals surface area contributed by atoms with Crippen molar-refractivity contribution < 1.29 is 18.4 Å². The van der Waals surface area contributed by atoms with Crippen molar-refractivity contribution in [2.45, 2.75) is 38.4 Å². The molecule has 9 heteroatoms. The van der Waals surface area contributed by atoms with Crippen molar-refractivity contribution in [3.63, 3.8) is 0 Å². The second-order valence-electron chi connectivity index (χ2n) is 7.86. The van der Waals surface area contributed by atoms with Gasteiger partial charge in [0.15, 0.2) is 11.6 Å². The lowest BCUT2D eigenvalue weighted by atomic mass is 10.0. The van der Waals surface area contributed by atoms with E-state index in [1.54, 1.807) is 12.1 Å². The maximum absolute atomic E-state index is 13.6. The van der Waals surface area contributed by atoms with Gasteiger partial charge in [0.25, 0.3) is 11.5 Å². The maximum atomic E-state index is 13.6. The SMILES string of the molecule is CC[C@H](Cn1nc(-c2ccc(F)c(F)c2)ccc1=O)NC(=O)C[C@@H]1NC(=O)c2ccccc21. The summed E-state index contributed by atoms with van der Waals surface area (Å²) in [6.45, 7) is 1.97. The molecule has 0 saturated heterocycles. The van der Waals surface area contributed by atoms with Gasteiger partial charge in [-0.15, -0.1) is 0 Å². The molecule has 2 N–H and O–H groups in total. The number of hydrogen-bond donors (Lipinski definition) is 2. The quantitative estimate of drug-likeness (QED) is 0.577. The molecule has 1 aliphatic rings. The largest absolute Gasteiger partial charge is 0.351 e. The lowest BCUT2D eigenvalue weighted by molar-refractivity contribution is -0.122. The summed E-state index contributed by atoms with van der Waals surface area (Å²) in [5.41, 5.74) is 1.59. The third kappa shape index (κ3) is 4.82. The first-order valence-electron chi connectivity index (χ1n) is 10.6. The predicted octanol–water partition coefficient (Wildman–Crippen LogP) is 2.96. The van der Waals surface area contributed by atoms with Crippen LogP contribution in [-0.4, -0.2) is 27.6 Å². The van der Waals surface area contributed by atoms with Crippen LogP contribution in [0.1, 0.15) is 41.7 Å². The Morgan fingerprint density at radius 1 is 1.12 bits per heavy atom. The summed E-state index contributed by atoms with van der Waals surface area (Å²) in [6.07, 6.45) is 0.597. The fraction of sp³-hybridized carbons (Fsp3) is 0.250. The molecule has 1 aliphatic heterocycles. The Morgan fingerprint density at radius 3 is 2.67 bits per heavy atom. The Labute approximate surface area is 188 Å². The highest BCUT2D eigenvalue weighted by molar-refractivity contribution is 5.99. The van der Waals surface area contributed by atoms with Crippen LogP contribution in [0.15, 0.2) is 59.4 Å². The highest BCUT2D eigenvalue weighted by atomic mass is 19.2. The summed E-state index contributed by atoms with van der Waals surface area (Å²) in [6, 6.07) is 12.4. The highest BCUT2D eigenvalue weighted by Crippen LogP contribution is 2.27. The molecule has 2 amide bonds. The number of carbonyl (C=O) groups is 2. The number of benzene rings is 2. The molecule has 1 aromatic heterocycles. The molecular weight excluding hydrogens is 430 g/mol. The van der Waals surface area contributed by atoms with Crippen molar-refractivity contribution >= 4 is 11.8 Å². The first-order valence-corrected chi connectivity index (χ1v) is 10.6. The monoisotopic (exact) mass is 452 g/mol. The van der Waals surface area contributed by atoms with E-state index in [-0.39, 0.29) is 30.3 Å². The van der Waals surface area contributed by atoms with E-state index in [1.165, 1.54) is 22.9 Å². The average molecular weight is 452 g/mol. The van der Waals surface area contributed by atoms with Gasteiger partial charge in [-0.2, -0.15) is 5.10 Å². The van der Waals surface area contributed by atoms with Gasteiger partial charge in [0.1, 0.15) is 0 Å². The van der Waals surface area contributed by atoms with E-state index in [0.717, 1.165) is 17.7 Å². The van der Waals surface area contributed by atoms with Gasteiger partial charge in [0.05, 0.1) is 24.7 Å². The summed E-state index contributed by atoms with van der Waals surface area (Å²) in [5.74, 6) is -2.46. The molecule has 0 bridgehead atoms. The Morgan fingerprint density at radius 2 is 1.91 bits per heavy atom. The van der Waals surface area contributed by atoms with Gasteiger partial charge in [0, 0.05) is 23.2 Å². The molecular formula is C24H22F2N4O3. The zero-order valence-corrected chi connectivity index (χ0v) is 17.8. The molecule has 0 spiro atoms. The van der Waals surface area contributed by atoms with Gasteiger partial charge in [-0.25, -0.2) is 13.5 Å². The summed E-state index contributed by atoms with van der Waals surface area (Å²) in [4.78, 5) is 37.1.